The Balaban J connectivity index is 2.14. The van der Waals surface area contributed by atoms with Crippen LogP contribution in [0.1, 0.15) is 21.3 Å². The number of thiazole rings is 1. The molecule has 106 valence electrons. The predicted octanol–water partition coefficient (Wildman–Crippen LogP) is 3.50. The number of fused-ring (bicyclic) bond motifs is 1. The molecule has 0 aliphatic carbocycles. The third kappa shape index (κ3) is 2.65. The highest BCUT2D eigenvalue weighted by atomic mass is 35.5. The summed E-state index contributed by atoms with van der Waals surface area (Å²) in [6.07, 6.45) is 2.57. The lowest BCUT2D eigenvalue weighted by atomic mass is 10.2. The van der Waals surface area contributed by atoms with Crippen LogP contribution in [0.5, 0.6) is 0 Å². The maximum absolute atomic E-state index is 9.23. The average molecular weight is 317 g/mol. The fourth-order valence-electron chi connectivity index (χ4n) is 2.37. The number of imidazole rings is 1. The van der Waals surface area contributed by atoms with E-state index >= 15 is 0 Å². The molecular weight excluding hydrogens is 304 g/mol. The predicted molar refractivity (Wildman–Crippen MR) is 84.8 cm³/mol. The van der Waals surface area contributed by atoms with E-state index in [1.165, 1.54) is 4.88 Å². The first-order valence-electron chi connectivity index (χ1n) is 6.58. The molecule has 0 bridgehead atoms. The summed E-state index contributed by atoms with van der Waals surface area (Å²) in [7, 11) is 0. The Kier molecular flexibility index (Phi) is 3.91. The van der Waals surface area contributed by atoms with Crippen molar-refractivity contribution in [3.63, 3.8) is 0 Å². The second kappa shape index (κ2) is 5.84. The zero-order valence-electron chi connectivity index (χ0n) is 11.5. The SMILES string of the molecule is Cc1ncc(Cn2c(CCCl)nc3c(C#N)cccc32)s1. The number of hydrogen-bond acceptors (Lipinski definition) is 4. The van der Waals surface area contributed by atoms with Gasteiger partial charge in [0, 0.05) is 23.4 Å². The van der Waals surface area contributed by atoms with Crippen molar-refractivity contribution < 1.29 is 0 Å². The molecule has 0 amide bonds. The Morgan fingerprint density at radius 3 is 2.95 bits per heavy atom. The van der Waals surface area contributed by atoms with E-state index in [4.69, 9.17) is 11.6 Å². The topological polar surface area (TPSA) is 54.5 Å². The molecule has 21 heavy (non-hydrogen) atoms. The second-order valence-corrected chi connectivity index (χ2v) is 6.38. The highest BCUT2D eigenvalue weighted by molar-refractivity contribution is 7.11. The van der Waals surface area contributed by atoms with Crippen LogP contribution in [0.25, 0.3) is 11.0 Å². The number of nitrogens with zero attached hydrogens (tertiary/aromatic N) is 4. The Morgan fingerprint density at radius 1 is 1.43 bits per heavy atom. The number of aryl methyl sites for hydroxylation is 2. The normalized spacial score (nSPS) is 10.9. The molecular formula is C15H13ClN4S. The van der Waals surface area contributed by atoms with Crippen molar-refractivity contribution in [1.82, 2.24) is 14.5 Å². The smallest absolute Gasteiger partial charge is 0.111 e. The molecule has 0 aliphatic rings. The van der Waals surface area contributed by atoms with Gasteiger partial charge in [0.1, 0.15) is 17.4 Å². The molecule has 6 heteroatoms. The molecule has 1 aromatic carbocycles. The minimum Gasteiger partial charge on any atom is -0.323 e. The number of alkyl halides is 1. The number of hydrogen-bond donors (Lipinski definition) is 0. The third-order valence-corrected chi connectivity index (χ3v) is 4.37. The maximum Gasteiger partial charge on any atom is 0.111 e. The molecule has 0 N–H and O–H groups in total. The maximum atomic E-state index is 9.23. The summed E-state index contributed by atoms with van der Waals surface area (Å²) < 4.78 is 2.13. The van der Waals surface area contributed by atoms with Gasteiger partial charge in [-0.05, 0) is 19.1 Å². The standard InChI is InChI=1S/C15H13ClN4S/c1-10-18-8-12(21-10)9-20-13-4-2-3-11(7-17)15(13)19-14(20)5-6-16/h2-4,8H,5-6,9H2,1H3. The highest BCUT2D eigenvalue weighted by Crippen LogP contribution is 2.23. The van der Waals surface area contributed by atoms with Crippen LogP contribution in [-0.4, -0.2) is 20.4 Å². The van der Waals surface area contributed by atoms with E-state index in [0.717, 1.165) is 21.9 Å². The van der Waals surface area contributed by atoms with Crippen LogP contribution in [0.2, 0.25) is 0 Å². The van der Waals surface area contributed by atoms with Gasteiger partial charge in [-0.15, -0.1) is 22.9 Å². The third-order valence-electron chi connectivity index (χ3n) is 3.28. The van der Waals surface area contributed by atoms with Crippen LogP contribution in [0.3, 0.4) is 0 Å². The van der Waals surface area contributed by atoms with Gasteiger partial charge in [-0.3, -0.25) is 0 Å². The first-order valence-corrected chi connectivity index (χ1v) is 7.93. The zero-order chi connectivity index (χ0) is 14.8. The summed E-state index contributed by atoms with van der Waals surface area (Å²) in [5.74, 6) is 1.42. The van der Waals surface area contributed by atoms with Crippen molar-refractivity contribution in [1.29, 1.82) is 5.26 Å². The lowest BCUT2D eigenvalue weighted by Gasteiger charge is -2.06. The molecule has 3 aromatic rings. The average Bonchev–Trinajstić information content (AvgIpc) is 3.04. The number of halogens is 1. The molecule has 4 nitrogen and oxygen atoms in total. The van der Waals surface area contributed by atoms with Crippen LogP contribution >= 0.6 is 22.9 Å². The summed E-state index contributed by atoms with van der Waals surface area (Å²) in [4.78, 5) is 10.1. The van der Waals surface area contributed by atoms with E-state index in [9.17, 15) is 5.26 Å². The first kappa shape index (κ1) is 14.1. The van der Waals surface area contributed by atoms with Gasteiger partial charge in [0.2, 0.25) is 0 Å². The number of nitriles is 1. The Labute approximate surface area is 131 Å². The first-order chi connectivity index (χ1) is 10.2. The Hall–Kier alpha value is -1.90. The Morgan fingerprint density at radius 2 is 2.29 bits per heavy atom. The van der Waals surface area contributed by atoms with Gasteiger partial charge in [0.15, 0.2) is 0 Å². The van der Waals surface area contributed by atoms with Crippen LogP contribution in [0.15, 0.2) is 24.4 Å². The summed E-state index contributed by atoms with van der Waals surface area (Å²) >= 11 is 7.56. The van der Waals surface area contributed by atoms with Gasteiger partial charge in [-0.25, -0.2) is 9.97 Å². The lowest BCUT2D eigenvalue weighted by Crippen LogP contribution is -2.04. The largest absolute Gasteiger partial charge is 0.323 e. The van der Waals surface area contributed by atoms with Crippen molar-refractivity contribution in [2.45, 2.75) is 19.9 Å². The molecule has 2 aromatic heterocycles. The van der Waals surface area contributed by atoms with E-state index in [1.54, 1.807) is 17.4 Å². The zero-order valence-corrected chi connectivity index (χ0v) is 13.1. The van der Waals surface area contributed by atoms with Gasteiger partial charge in [0.25, 0.3) is 0 Å². The monoisotopic (exact) mass is 316 g/mol. The fourth-order valence-corrected chi connectivity index (χ4v) is 3.32. The highest BCUT2D eigenvalue weighted by Gasteiger charge is 2.14. The van der Waals surface area contributed by atoms with Crippen LogP contribution in [0, 0.1) is 18.3 Å². The molecule has 0 aliphatic heterocycles. The number of para-hydroxylation sites is 1. The van der Waals surface area contributed by atoms with Crippen LogP contribution in [-0.2, 0) is 13.0 Å². The van der Waals surface area contributed by atoms with Crippen LogP contribution in [0.4, 0.5) is 0 Å². The molecule has 0 saturated carbocycles. The Bertz CT molecular complexity index is 828. The van der Waals surface area contributed by atoms with E-state index in [1.807, 2.05) is 25.3 Å². The molecule has 3 rings (SSSR count). The molecule has 0 fully saturated rings. The molecule has 2 heterocycles. The molecule has 0 saturated heterocycles. The number of aromatic nitrogens is 3. The van der Waals surface area contributed by atoms with Gasteiger partial charge >= 0.3 is 0 Å². The van der Waals surface area contributed by atoms with E-state index < -0.39 is 0 Å². The number of rotatable bonds is 4. The van der Waals surface area contributed by atoms with Gasteiger partial charge in [0.05, 0.1) is 22.6 Å². The van der Waals surface area contributed by atoms with Crippen molar-refractivity contribution >= 4 is 34.0 Å². The summed E-state index contributed by atoms with van der Waals surface area (Å²) in [5, 5.41) is 10.3. The molecule has 0 spiro atoms. The minimum atomic E-state index is 0.507. The van der Waals surface area contributed by atoms with Crippen molar-refractivity contribution in [3.05, 3.63) is 45.7 Å². The van der Waals surface area contributed by atoms with E-state index in [2.05, 4.69) is 20.6 Å². The lowest BCUT2D eigenvalue weighted by molar-refractivity contribution is 0.762. The summed E-state index contributed by atoms with van der Waals surface area (Å²) in [5.41, 5.74) is 2.32. The minimum absolute atomic E-state index is 0.507. The van der Waals surface area contributed by atoms with Gasteiger partial charge in [-0.2, -0.15) is 5.26 Å². The van der Waals surface area contributed by atoms with Crippen LogP contribution < -0.4 is 0 Å². The van der Waals surface area contributed by atoms with E-state index in [0.29, 0.717) is 24.4 Å². The van der Waals surface area contributed by atoms with Gasteiger partial charge < -0.3 is 4.57 Å². The van der Waals surface area contributed by atoms with Crippen molar-refractivity contribution in [3.8, 4) is 6.07 Å². The van der Waals surface area contributed by atoms with E-state index in [-0.39, 0.29) is 0 Å². The quantitative estimate of drug-likeness (QED) is 0.692. The van der Waals surface area contributed by atoms with Crippen molar-refractivity contribution in [2.75, 3.05) is 5.88 Å². The second-order valence-electron chi connectivity index (χ2n) is 4.68. The molecule has 0 atom stereocenters. The van der Waals surface area contributed by atoms with Gasteiger partial charge in [-0.1, -0.05) is 6.07 Å². The summed E-state index contributed by atoms with van der Waals surface area (Å²) in [6, 6.07) is 7.88. The molecule has 0 unspecified atom stereocenters. The van der Waals surface area contributed by atoms with Crippen molar-refractivity contribution in [2.24, 2.45) is 0 Å². The summed E-state index contributed by atoms with van der Waals surface area (Å²) in [6.45, 7) is 2.71. The molecule has 0 radical (unpaired) electrons. The number of benzene rings is 1. The fraction of sp³-hybridized carbons (Fsp3) is 0.267.